The zero-order valence-corrected chi connectivity index (χ0v) is 47.7. The largest absolute Gasteiger partial charge is 0.756 e. The molecule has 0 saturated carbocycles. The molecular formula is C62H107N2O7P. The van der Waals surface area contributed by atoms with E-state index in [4.69, 9.17) is 13.8 Å². The molecule has 0 fully saturated rings. The summed E-state index contributed by atoms with van der Waals surface area (Å²) in [6.45, 7) is 6.55. The number of unbranched alkanes of at least 4 members (excludes halogenated alkanes) is 18. The van der Waals surface area contributed by atoms with Crippen molar-refractivity contribution in [2.24, 2.45) is 0 Å². The van der Waals surface area contributed by atoms with Gasteiger partial charge < -0.3 is 28.5 Å². The molecule has 1 amide bonds. The molecule has 0 aromatic heterocycles. The number of amides is 1. The van der Waals surface area contributed by atoms with Gasteiger partial charge in [0, 0.05) is 12.8 Å². The van der Waals surface area contributed by atoms with Crippen LogP contribution in [0.1, 0.15) is 220 Å². The number of hydrogen-bond acceptors (Lipinski definition) is 7. The van der Waals surface area contributed by atoms with E-state index in [1.807, 2.05) is 33.3 Å². The molecule has 0 heterocycles. The monoisotopic (exact) mass is 1020 g/mol. The second kappa shape index (κ2) is 51.2. The number of esters is 1. The lowest BCUT2D eigenvalue weighted by Gasteiger charge is -2.30. The van der Waals surface area contributed by atoms with Crippen LogP contribution in [0.3, 0.4) is 0 Å². The fraction of sp³-hybridized carbons (Fsp3) is 0.677. The summed E-state index contributed by atoms with van der Waals surface area (Å²) >= 11 is 0. The number of hydrogen-bond donors (Lipinski definition) is 1. The average Bonchev–Trinajstić information content (AvgIpc) is 3.34. The van der Waals surface area contributed by atoms with Crippen molar-refractivity contribution in [3.8, 4) is 0 Å². The number of carbonyl (C=O) groups is 2. The number of nitrogens with one attached hydrogen (secondary N) is 1. The lowest BCUT2D eigenvalue weighted by molar-refractivity contribution is -0.870. The molecule has 412 valence electrons. The topological polar surface area (TPSA) is 114 Å². The van der Waals surface area contributed by atoms with Gasteiger partial charge in [-0.15, -0.1) is 0 Å². The van der Waals surface area contributed by atoms with Crippen LogP contribution in [0.4, 0.5) is 0 Å². The van der Waals surface area contributed by atoms with Crippen LogP contribution in [-0.4, -0.2) is 69.4 Å². The minimum absolute atomic E-state index is 0.0365. The molecule has 0 bridgehead atoms. The maximum atomic E-state index is 13.5. The molecular weight excluding hydrogens is 916 g/mol. The predicted octanol–water partition coefficient (Wildman–Crippen LogP) is 16.7. The highest BCUT2D eigenvalue weighted by Gasteiger charge is 2.27. The Morgan fingerprint density at radius 1 is 0.500 bits per heavy atom. The number of rotatable bonds is 50. The molecule has 0 rings (SSSR count). The van der Waals surface area contributed by atoms with Crippen LogP contribution < -0.4 is 10.2 Å². The highest BCUT2D eigenvalue weighted by Crippen LogP contribution is 2.38. The summed E-state index contributed by atoms with van der Waals surface area (Å²) < 4.78 is 30.2. The van der Waals surface area contributed by atoms with Crippen molar-refractivity contribution in [3.63, 3.8) is 0 Å². The number of phosphoric acid groups is 1. The Morgan fingerprint density at radius 2 is 0.889 bits per heavy atom. The second-order valence-corrected chi connectivity index (χ2v) is 21.4. The molecule has 9 nitrogen and oxygen atoms in total. The van der Waals surface area contributed by atoms with Crippen molar-refractivity contribution in [3.05, 3.63) is 109 Å². The molecule has 0 aliphatic rings. The summed E-state index contributed by atoms with van der Waals surface area (Å²) in [6, 6.07) is -0.915. The molecule has 0 aliphatic heterocycles. The summed E-state index contributed by atoms with van der Waals surface area (Å²) in [7, 11) is 1.14. The Balaban J connectivity index is 5.40. The number of likely N-dealkylation sites (N-methyl/N-ethyl adjacent to an activating group) is 1. The van der Waals surface area contributed by atoms with Gasteiger partial charge >= 0.3 is 5.97 Å². The molecule has 72 heavy (non-hydrogen) atoms. The van der Waals surface area contributed by atoms with Gasteiger partial charge in [0.15, 0.2) is 0 Å². The number of phosphoric ester groups is 1. The fourth-order valence-electron chi connectivity index (χ4n) is 7.56. The zero-order chi connectivity index (χ0) is 52.9. The zero-order valence-electron chi connectivity index (χ0n) is 46.8. The third-order valence-corrected chi connectivity index (χ3v) is 12.9. The van der Waals surface area contributed by atoms with Crippen LogP contribution in [0.15, 0.2) is 109 Å². The van der Waals surface area contributed by atoms with Crippen molar-refractivity contribution >= 4 is 19.7 Å². The van der Waals surface area contributed by atoms with Crippen LogP contribution >= 0.6 is 7.82 Å². The summed E-state index contributed by atoms with van der Waals surface area (Å²) in [5.41, 5.74) is 0. The van der Waals surface area contributed by atoms with Gasteiger partial charge in [-0.1, -0.05) is 208 Å². The summed E-state index contributed by atoms with van der Waals surface area (Å²) in [6.07, 6.45) is 69.1. The Hall–Kier alpha value is -3.33. The molecule has 3 unspecified atom stereocenters. The standard InChI is InChI=1S/C62H107N2O7P/c1-7-10-13-16-19-22-25-27-29-31-32-33-35-37-40-43-46-49-52-55-62(66)71-60(53-50-47-44-41-38-24-21-18-15-12-9-3)59(58-70-72(67,68)69-57-56-64(4,5)6)63-61(65)54-51-48-45-42-39-36-34-30-28-26-23-20-17-14-11-8-2/h10-11,13-14,19-20,22-23,27-30,32-33,37,40,50,53,59-60H,7-9,12,15-18,21,24-26,31,34-36,38-39,41-49,51-52,54-58H2,1-6H3,(H-,63,65,67,68)/b13-10-,14-11+,22-19-,23-20+,29-27-,30-28+,33-32-,40-37-,53-50+. The minimum Gasteiger partial charge on any atom is -0.756 e. The smallest absolute Gasteiger partial charge is 0.306 e. The van der Waals surface area contributed by atoms with Crippen LogP contribution in [-0.2, 0) is 27.9 Å². The van der Waals surface area contributed by atoms with Crippen LogP contribution in [0.25, 0.3) is 0 Å². The molecule has 1 N–H and O–H groups in total. The molecule has 0 saturated heterocycles. The fourth-order valence-corrected chi connectivity index (χ4v) is 8.28. The molecule has 0 radical (unpaired) electrons. The van der Waals surface area contributed by atoms with Crippen molar-refractivity contribution in [2.45, 2.75) is 232 Å². The van der Waals surface area contributed by atoms with E-state index < -0.39 is 26.6 Å². The van der Waals surface area contributed by atoms with Crippen molar-refractivity contribution in [2.75, 3.05) is 40.9 Å². The van der Waals surface area contributed by atoms with E-state index in [0.29, 0.717) is 23.9 Å². The van der Waals surface area contributed by atoms with Crippen molar-refractivity contribution < 1.29 is 37.3 Å². The predicted molar refractivity (Wildman–Crippen MR) is 307 cm³/mol. The normalized spacial score (nSPS) is 14.6. The van der Waals surface area contributed by atoms with E-state index in [1.165, 1.54) is 44.9 Å². The van der Waals surface area contributed by atoms with E-state index in [2.05, 4.69) is 123 Å². The first kappa shape index (κ1) is 68.7. The second-order valence-electron chi connectivity index (χ2n) is 20.0. The van der Waals surface area contributed by atoms with Gasteiger partial charge in [-0.25, -0.2) is 0 Å². The van der Waals surface area contributed by atoms with Gasteiger partial charge in [-0.3, -0.25) is 14.2 Å². The van der Waals surface area contributed by atoms with Crippen molar-refractivity contribution in [1.29, 1.82) is 0 Å². The summed E-state index contributed by atoms with van der Waals surface area (Å²) in [5.74, 6) is -0.603. The van der Waals surface area contributed by atoms with E-state index in [1.54, 1.807) is 0 Å². The number of ether oxygens (including phenoxy) is 1. The van der Waals surface area contributed by atoms with Crippen molar-refractivity contribution in [1.82, 2.24) is 5.32 Å². The van der Waals surface area contributed by atoms with E-state index in [-0.39, 0.29) is 31.3 Å². The number of allylic oxidation sites excluding steroid dienone is 17. The first-order valence-electron chi connectivity index (χ1n) is 28.7. The Kier molecular flexibility index (Phi) is 48.8. The third kappa shape index (κ3) is 51.6. The maximum absolute atomic E-state index is 13.5. The lowest BCUT2D eigenvalue weighted by atomic mass is 10.1. The number of nitrogens with zero attached hydrogens (tertiary/aromatic N) is 1. The lowest BCUT2D eigenvalue weighted by Crippen LogP contribution is -2.47. The SMILES string of the molecule is CC/C=C\C/C=C\C/C=C\C/C=C\C/C=C\CCCCCC(=O)OC(/C=C/CCCCCCCCCCC)C(COP(=O)([O-])OCC[N+](C)(C)C)NC(=O)CCCCCCCC/C=C/C/C=C/C/C=C/CC. The van der Waals surface area contributed by atoms with Crippen LogP contribution in [0, 0.1) is 0 Å². The summed E-state index contributed by atoms with van der Waals surface area (Å²) in [5, 5.41) is 3.00. The van der Waals surface area contributed by atoms with Gasteiger partial charge in [-0.2, -0.15) is 0 Å². The van der Waals surface area contributed by atoms with Gasteiger partial charge in [0.05, 0.1) is 33.8 Å². The van der Waals surface area contributed by atoms with E-state index in [9.17, 15) is 19.0 Å². The molecule has 0 aliphatic carbocycles. The Bertz CT molecular complexity index is 1600. The maximum Gasteiger partial charge on any atom is 0.306 e. The highest BCUT2D eigenvalue weighted by molar-refractivity contribution is 7.45. The Labute approximate surface area is 442 Å². The van der Waals surface area contributed by atoms with Gasteiger partial charge in [-0.05, 0) is 109 Å². The van der Waals surface area contributed by atoms with Gasteiger partial charge in [0.25, 0.3) is 7.82 Å². The quantitative estimate of drug-likeness (QED) is 0.0212. The molecule has 3 atom stereocenters. The highest BCUT2D eigenvalue weighted by atomic mass is 31.2. The molecule has 0 aromatic rings. The number of carbonyl (C=O) groups excluding carboxylic acids is 2. The number of quaternary nitrogens is 1. The Morgan fingerprint density at radius 3 is 1.35 bits per heavy atom. The van der Waals surface area contributed by atoms with Crippen LogP contribution in [0.2, 0.25) is 0 Å². The van der Waals surface area contributed by atoms with Crippen LogP contribution in [0.5, 0.6) is 0 Å². The molecule has 10 heteroatoms. The molecule has 0 spiro atoms. The summed E-state index contributed by atoms with van der Waals surface area (Å²) in [4.78, 5) is 39.8. The minimum atomic E-state index is -4.71. The van der Waals surface area contributed by atoms with E-state index in [0.717, 1.165) is 128 Å². The van der Waals surface area contributed by atoms with Gasteiger partial charge in [0.2, 0.25) is 5.91 Å². The third-order valence-electron chi connectivity index (χ3n) is 11.9. The first-order chi connectivity index (χ1) is 34.9. The average molecular weight is 1020 g/mol. The molecule has 0 aromatic carbocycles. The van der Waals surface area contributed by atoms with E-state index >= 15 is 0 Å². The van der Waals surface area contributed by atoms with Gasteiger partial charge in [0.1, 0.15) is 19.3 Å². The first-order valence-corrected chi connectivity index (χ1v) is 30.2.